The van der Waals surface area contributed by atoms with Crippen LogP contribution in [0, 0.1) is 5.82 Å². The van der Waals surface area contributed by atoms with E-state index >= 15 is 0 Å². The summed E-state index contributed by atoms with van der Waals surface area (Å²) in [6.45, 7) is 2.01. The molecule has 0 aliphatic rings. The van der Waals surface area contributed by atoms with Crippen LogP contribution in [0.25, 0.3) is 11.1 Å². The minimum atomic E-state index is -1.08. The molecule has 3 rings (SSSR count). The van der Waals surface area contributed by atoms with Crippen molar-refractivity contribution in [2.75, 3.05) is 0 Å². The first-order valence-corrected chi connectivity index (χ1v) is 9.12. The second-order valence-corrected chi connectivity index (χ2v) is 6.75. The Labute approximate surface area is 162 Å². The number of carboxylic acid groups (broad SMARTS) is 1. The Balaban J connectivity index is 2.14. The molecule has 0 amide bonds. The van der Waals surface area contributed by atoms with E-state index in [1.807, 2.05) is 19.1 Å². The predicted octanol–water partition coefficient (Wildman–Crippen LogP) is 5.78. The van der Waals surface area contributed by atoms with E-state index in [-0.39, 0.29) is 5.56 Å². The van der Waals surface area contributed by atoms with E-state index in [9.17, 15) is 14.3 Å². The summed E-state index contributed by atoms with van der Waals surface area (Å²) in [7, 11) is 0. The number of nitrogens with zero attached hydrogens (tertiary/aromatic N) is 1. The lowest BCUT2D eigenvalue weighted by molar-refractivity contribution is 0.0695. The number of halogens is 2. The average molecular weight is 384 g/mol. The molecule has 2 aromatic carbocycles. The molecule has 0 radical (unpaired) electrons. The maximum atomic E-state index is 14.3. The second kappa shape index (κ2) is 8.31. The summed E-state index contributed by atoms with van der Waals surface area (Å²) in [5, 5.41) is 10.3. The molecule has 0 bridgehead atoms. The number of carboxylic acids is 1. The lowest BCUT2D eigenvalue weighted by Gasteiger charge is -2.14. The molecule has 27 heavy (non-hydrogen) atoms. The van der Waals surface area contributed by atoms with Gasteiger partial charge in [0.1, 0.15) is 5.82 Å². The predicted molar refractivity (Wildman–Crippen MR) is 105 cm³/mol. The molecule has 138 valence electrons. The molecular weight excluding hydrogens is 365 g/mol. The smallest absolute Gasteiger partial charge is 0.337 e. The third kappa shape index (κ3) is 4.34. The number of hydrogen-bond donors (Lipinski definition) is 1. The summed E-state index contributed by atoms with van der Waals surface area (Å²) in [5.74, 6) is -1.47. The van der Waals surface area contributed by atoms with E-state index in [2.05, 4.69) is 4.98 Å². The first kappa shape index (κ1) is 19.1. The highest BCUT2D eigenvalue weighted by atomic mass is 35.5. The summed E-state index contributed by atoms with van der Waals surface area (Å²) in [4.78, 5) is 16.5. The number of benzene rings is 2. The Kier molecular flexibility index (Phi) is 5.87. The van der Waals surface area contributed by atoms with Gasteiger partial charge < -0.3 is 5.11 Å². The quantitative estimate of drug-likeness (QED) is 0.586. The first-order valence-electron chi connectivity index (χ1n) is 8.75. The molecule has 0 unspecified atom stereocenters. The van der Waals surface area contributed by atoms with Gasteiger partial charge >= 0.3 is 5.97 Å². The molecule has 0 aliphatic carbocycles. The van der Waals surface area contributed by atoms with E-state index in [4.69, 9.17) is 11.6 Å². The number of aromatic carboxylic acids is 1. The fraction of sp³-hybridized carbons (Fsp3) is 0.182. The minimum Gasteiger partial charge on any atom is -0.478 e. The van der Waals surface area contributed by atoms with Crippen molar-refractivity contribution in [2.45, 2.75) is 26.2 Å². The van der Waals surface area contributed by atoms with Crippen molar-refractivity contribution in [3.8, 4) is 11.1 Å². The van der Waals surface area contributed by atoms with Gasteiger partial charge in [0.15, 0.2) is 0 Å². The Morgan fingerprint density at radius 2 is 1.78 bits per heavy atom. The van der Waals surface area contributed by atoms with Crippen molar-refractivity contribution in [2.24, 2.45) is 0 Å². The van der Waals surface area contributed by atoms with E-state index in [1.165, 1.54) is 6.07 Å². The highest BCUT2D eigenvalue weighted by molar-refractivity contribution is 6.30. The number of hydrogen-bond acceptors (Lipinski definition) is 2. The van der Waals surface area contributed by atoms with Crippen LogP contribution in [0.3, 0.4) is 0 Å². The third-order valence-electron chi connectivity index (χ3n) is 4.35. The first-order chi connectivity index (χ1) is 13.0. The van der Waals surface area contributed by atoms with Crippen LogP contribution in [-0.2, 0) is 12.8 Å². The van der Waals surface area contributed by atoms with Crippen LogP contribution in [0.4, 0.5) is 4.39 Å². The van der Waals surface area contributed by atoms with Crippen LogP contribution in [0.1, 0.15) is 40.7 Å². The van der Waals surface area contributed by atoms with Gasteiger partial charge in [-0.3, -0.25) is 4.98 Å². The van der Waals surface area contributed by atoms with E-state index in [1.54, 1.807) is 36.4 Å². The lowest BCUT2D eigenvalue weighted by Crippen LogP contribution is -2.10. The minimum absolute atomic E-state index is 0.0862. The molecule has 3 aromatic rings. The Morgan fingerprint density at radius 1 is 1.07 bits per heavy atom. The summed E-state index contributed by atoms with van der Waals surface area (Å²) in [6.07, 6.45) is 1.82. The number of carbonyl (C=O) groups is 1. The highest BCUT2D eigenvalue weighted by Crippen LogP contribution is 2.29. The van der Waals surface area contributed by atoms with Crippen molar-refractivity contribution < 1.29 is 14.3 Å². The zero-order valence-corrected chi connectivity index (χ0v) is 15.6. The summed E-state index contributed by atoms with van der Waals surface area (Å²) in [5.41, 5.74) is 3.07. The molecule has 0 aliphatic heterocycles. The number of pyridine rings is 1. The number of aryl methyl sites for hydroxylation is 1. The second-order valence-electron chi connectivity index (χ2n) is 6.32. The van der Waals surface area contributed by atoms with Crippen molar-refractivity contribution in [3.63, 3.8) is 0 Å². The topological polar surface area (TPSA) is 50.2 Å². The van der Waals surface area contributed by atoms with Crippen LogP contribution in [0.15, 0.2) is 54.6 Å². The molecular formula is C22H19ClFNO2. The molecule has 0 saturated carbocycles. The Bertz CT molecular complexity index is 971. The average Bonchev–Trinajstić information content (AvgIpc) is 2.64. The maximum absolute atomic E-state index is 14.3. The molecule has 0 fully saturated rings. The van der Waals surface area contributed by atoms with Gasteiger partial charge in [-0.1, -0.05) is 55.3 Å². The zero-order chi connectivity index (χ0) is 19.4. The van der Waals surface area contributed by atoms with E-state index in [0.29, 0.717) is 40.4 Å². The molecule has 0 saturated heterocycles. The van der Waals surface area contributed by atoms with E-state index < -0.39 is 11.8 Å². The Hall–Kier alpha value is -2.72. The Morgan fingerprint density at radius 3 is 2.41 bits per heavy atom. The van der Waals surface area contributed by atoms with Crippen molar-refractivity contribution in [1.82, 2.24) is 4.98 Å². The van der Waals surface area contributed by atoms with Crippen LogP contribution in [0.2, 0.25) is 5.02 Å². The maximum Gasteiger partial charge on any atom is 0.337 e. The van der Waals surface area contributed by atoms with Crippen molar-refractivity contribution in [3.05, 3.63) is 88.0 Å². The highest BCUT2D eigenvalue weighted by Gasteiger charge is 2.19. The van der Waals surface area contributed by atoms with Gasteiger partial charge in [0.05, 0.1) is 11.3 Å². The lowest BCUT2D eigenvalue weighted by atomic mass is 9.96. The molecule has 0 spiro atoms. The van der Waals surface area contributed by atoms with Crippen molar-refractivity contribution in [1.29, 1.82) is 0 Å². The van der Waals surface area contributed by atoms with Gasteiger partial charge in [-0.15, -0.1) is 0 Å². The van der Waals surface area contributed by atoms with Crippen LogP contribution in [-0.4, -0.2) is 16.1 Å². The summed E-state index contributed by atoms with van der Waals surface area (Å²) in [6, 6.07) is 15.1. The number of rotatable bonds is 6. The zero-order valence-electron chi connectivity index (χ0n) is 14.9. The molecule has 1 heterocycles. The molecule has 0 atom stereocenters. The van der Waals surface area contributed by atoms with Gasteiger partial charge in [0.2, 0.25) is 0 Å². The van der Waals surface area contributed by atoms with Gasteiger partial charge in [-0.05, 0) is 36.2 Å². The van der Waals surface area contributed by atoms with Gasteiger partial charge in [0, 0.05) is 28.3 Å². The van der Waals surface area contributed by atoms with Gasteiger partial charge in [-0.2, -0.15) is 0 Å². The van der Waals surface area contributed by atoms with Crippen LogP contribution < -0.4 is 0 Å². The third-order valence-corrected chi connectivity index (χ3v) is 4.60. The normalized spacial score (nSPS) is 10.8. The largest absolute Gasteiger partial charge is 0.478 e. The van der Waals surface area contributed by atoms with Crippen molar-refractivity contribution >= 4 is 17.6 Å². The fourth-order valence-corrected chi connectivity index (χ4v) is 3.18. The van der Waals surface area contributed by atoms with Gasteiger partial charge in [-0.25, -0.2) is 9.18 Å². The fourth-order valence-electron chi connectivity index (χ4n) is 3.05. The van der Waals surface area contributed by atoms with Gasteiger partial charge in [0.25, 0.3) is 0 Å². The molecule has 1 N–H and O–H groups in total. The standard InChI is InChI=1S/C22H19ClFNO2/c1-2-5-20-17(16-6-3-4-7-19(16)24)13-18(22(26)27)21(25-20)12-14-8-10-15(23)11-9-14/h3-4,6-11,13H,2,5,12H2,1H3,(H,26,27). The van der Waals surface area contributed by atoms with Crippen LogP contribution in [0.5, 0.6) is 0 Å². The summed E-state index contributed by atoms with van der Waals surface area (Å²) < 4.78 is 14.3. The monoisotopic (exact) mass is 383 g/mol. The molecule has 1 aromatic heterocycles. The number of aromatic nitrogens is 1. The SMILES string of the molecule is CCCc1nc(Cc2ccc(Cl)cc2)c(C(=O)O)cc1-c1ccccc1F. The summed E-state index contributed by atoms with van der Waals surface area (Å²) >= 11 is 5.92. The molecule has 5 heteroatoms. The van der Waals surface area contributed by atoms with Crippen LogP contribution >= 0.6 is 11.6 Å². The van der Waals surface area contributed by atoms with E-state index in [0.717, 1.165) is 12.0 Å². The molecule has 3 nitrogen and oxygen atoms in total.